The first-order chi connectivity index (χ1) is 9.42. The van der Waals surface area contributed by atoms with Gasteiger partial charge in [-0.15, -0.1) is 0 Å². The van der Waals surface area contributed by atoms with Gasteiger partial charge < -0.3 is 21.1 Å². The highest BCUT2D eigenvalue weighted by atomic mass is 16.4. The lowest BCUT2D eigenvalue weighted by atomic mass is 9.99. The number of amides is 3. The van der Waals surface area contributed by atoms with Crippen LogP contribution in [0.1, 0.15) is 40.0 Å². The average molecular weight is 287 g/mol. The third kappa shape index (κ3) is 7.60. The highest BCUT2D eigenvalue weighted by Gasteiger charge is 2.25. The molecule has 7 heteroatoms. The number of carbonyl (C=O) groups excluding carboxylic acids is 2. The van der Waals surface area contributed by atoms with Crippen LogP contribution >= 0.6 is 0 Å². The van der Waals surface area contributed by atoms with Crippen LogP contribution < -0.4 is 16.0 Å². The van der Waals surface area contributed by atoms with Gasteiger partial charge in [-0.25, -0.2) is 9.59 Å². The molecule has 0 radical (unpaired) electrons. The Morgan fingerprint density at radius 3 is 2.25 bits per heavy atom. The molecule has 0 spiro atoms. The highest BCUT2D eigenvalue weighted by Crippen LogP contribution is 2.07. The highest BCUT2D eigenvalue weighted by molar-refractivity contribution is 5.83. The van der Waals surface area contributed by atoms with Crippen molar-refractivity contribution in [3.05, 3.63) is 0 Å². The smallest absolute Gasteiger partial charge is 0.326 e. The number of rotatable bonds is 9. The lowest BCUT2D eigenvalue weighted by Gasteiger charge is -2.20. The molecular weight excluding hydrogens is 262 g/mol. The van der Waals surface area contributed by atoms with Crippen molar-refractivity contribution in [3.8, 4) is 0 Å². The van der Waals surface area contributed by atoms with Crippen molar-refractivity contribution in [1.82, 2.24) is 16.0 Å². The van der Waals surface area contributed by atoms with E-state index >= 15 is 0 Å². The molecule has 20 heavy (non-hydrogen) atoms. The van der Waals surface area contributed by atoms with Crippen molar-refractivity contribution in [2.75, 3.05) is 13.1 Å². The topological polar surface area (TPSA) is 108 Å². The van der Waals surface area contributed by atoms with Crippen LogP contribution in [-0.2, 0) is 9.59 Å². The van der Waals surface area contributed by atoms with Crippen LogP contribution in [-0.4, -0.2) is 42.1 Å². The van der Waals surface area contributed by atoms with Gasteiger partial charge in [0.25, 0.3) is 0 Å². The Morgan fingerprint density at radius 2 is 1.75 bits per heavy atom. The molecule has 0 heterocycles. The van der Waals surface area contributed by atoms with Crippen molar-refractivity contribution in [2.45, 2.75) is 46.1 Å². The van der Waals surface area contributed by atoms with Crippen LogP contribution in [0.15, 0.2) is 0 Å². The molecule has 1 unspecified atom stereocenters. The Balaban J connectivity index is 4.03. The maximum absolute atomic E-state index is 11.6. The Hall–Kier alpha value is -1.79. The molecule has 0 rings (SSSR count). The van der Waals surface area contributed by atoms with Crippen LogP contribution in [0.5, 0.6) is 0 Å². The summed E-state index contributed by atoms with van der Waals surface area (Å²) in [6, 6.07) is -1.49. The minimum atomic E-state index is -1.06. The molecule has 0 aliphatic heterocycles. The SMILES string of the molecule is CCCNC(=O)CCNC(=O)N[C@H](C(=O)O)C(C)CC. The van der Waals surface area contributed by atoms with Crippen LogP contribution in [0.3, 0.4) is 0 Å². The lowest BCUT2D eigenvalue weighted by Crippen LogP contribution is -2.49. The van der Waals surface area contributed by atoms with Gasteiger partial charge in [-0.3, -0.25) is 4.79 Å². The quantitative estimate of drug-likeness (QED) is 0.500. The van der Waals surface area contributed by atoms with Crippen LogP contribution in [0.2, 0.25) is 0 Å². The van der Waals surface area contributed by atoms with Crippen LogP contribution in [0.4, 0.5) is 4.79 Å². The summed E-state index contributed by atoms with van der Waals surface area (Å²) in [5.74, 6) is -1.36. The molecule has 116 valence electrons. The van der Waals surface area contributed by atoms with Crippen LogP contribution in [0.25, 0.3) is 0 Å². The number of carboxylic acids is 1. The number of hydrogen-bond acceptors (Lipinski definition) is 3. The van der Waals surface area contributed by atoms with Gasteiger partial charge in [-0.2, -0.15) is 0 Å². The van der Waals surface area contributed by atoms with Crippen LogP contribution in [0, 0.1) is 5.92 Å². The second kappa shape index (κ2) is 10.1. The molecule has 0 aliphatic rings. The minimum Gasteiger partial charge on any atom is -0.480 e. The predicted octanol–water partition coefficient (Wildman–Crippen LogP) is 0.701. The summed E-state index contributed by atoms with van der Waals surface area (Å²) in [5.41, 5.74) is 0. The summed E-state index contributed by atoms with van der Waals surface area (Å²) < 4.78 is 0. The maximum Gasteiger partial charge on any atom is 0.326 e. The standard InChI is InChI=1S/C13H25N3O4/c1-4-7-14-10(17)6-8-15-13(20)16-11(12(18)19)9(3)5-2/h9,11H,4-8H2,1-3H3,(H,14,17)(H,18,19)(H2,15,16,20)/t9?,11-/m0/s1. The molecule has 3 amide bonds. The van der Waals surface area contributed by atoms with Gasteiger partial charge in [0, 0.05) is 19.5 Å². The largest absolute Gasteiger partial charge is 0.480 e. The Bertz CT molecular complexity index is 334. The molecule has 0 aliphatic carbocycles. The molecular formula is C13H25N3O4. The fraction of sp³-hybridized carbons (Fsp3) is 0.769. The number of nitrogens with one attached hydrogen (secondary N) is 3. The van der Waals surface area contributed by atoms with Gasteiger partial charge in [0.2, 0.25) is 5.91 Å². The summed E-state index contributed by atoms with van der Waals surface area (Å²) >= 11 is 0. The summed E-state index contributed by atoms with van der Waals surface area (Å²) in [6.45, 7) is 6.36. The number of hydrogen-bond donors (Lipinski definition) is 4. The first-order valence-electron chi connectivity index (χ1n) is 6.96. The zero-order valence-corrected chi connectivity index (χ0v) is 12.4. The summed E-state index contributed by atoms with van der Waals surface area (Å²) in [5, 5.41) is 16.6. The summed E-state index contributed by atoms with van der Waals surface area (Å²) in [7, 11) is 0. The van der Waals surface area contributed by atoms with Gasteiger partial charge in [0.1, 0.15) is 6.04 Å². The van der Waals surface area contributed by atoms with Crippen molar-refractivity contribution in [1.29, 1.82) is 0 Å². The van der Waals surface area contributed by atoms with Gasteiger partial charge in [-0.05, 0) is 12.3 Å². The van der Waals surface area contributed by atoms with Gasteiger partial charge in [-0.1, -0.05) is 27.2 Å². The molecule has 0 aromatic rings. The third-order valence-electron chi connectivity index (χ3n) is 2.98. The summed E-state index contributed by atoms with van der Waals surface area (Å²) in [4.78, 5) is 33.9. The minimum absolute atomic E-state index is 0.135. The van der Waals surface area contributed by atoms with E-state index in [0.29, 0.717) is 13.0 Å². The molecule has 0 fully saturated rings. The summed E-state index contributed by atoms with van der Waals surface area (Å²) in [6.07, 6.45) is 1.68. The fourth-order valence-corrected chi connectivity index (χ4v) is 1.52. The van der Waals surface area contributed by atoms with E-state index in [2.05, 4.69) is 16.0 Å². The molecule has 0 saturated carbocycles. The predicted molar refractivity (Wildman–Crippen MR) is 75.3 cm³/mol. The molecule has 7 nitrogen and oxygen atoms in total. The Labute approximate surface area is 119 Å². The second-order valence-corrected chi connectivity index (χ2v) is 4.70. The normalized spacial score (nSPS) is 13.2. The monoisotopic (exact) mass is 287 g/mol. The van der Waals surface area contributed by atoms with E-state index in [0.717, 1.165) is 6.42 Å². The van der Waals surface area contributed by atoms with E-state index < -0.39 is 18.0 Å². The Morgan fingerprint density at radius 1 is 1.10 bits per heavy atom. The van der Waals surface area contributed by atoms with Crippen molar-refractivity contribution >= 4 is 17.9 Å². The third-order valence-corrected chi connectivity index (χ3v) is 2.98. The first-order valence-corrected chi connectivity index (χ1v) is 6.96. The average Bonchev–Trinajstić information content (AvgIpc) is 2.41. The molecule has 2 atom stereocenters. The van der Waals surface area contributed by atoms with E-state index in [-0.39, 0.29) is 24.8 Å². The molecule has 0 saturated heterocycles. The molecule has 0 bridgehead atoms. The number of carboxylic acid groups (broad SMARTS) is 1. The second-order valence-electron chi connectivity index (χ2n) is 4.70. The molecule has 4 N–H and O–H groups in total. The fourth-order valence-electron chi connectivity index (χ4n) is 1.52. The van der Waals surface area contributed by atoms with Gasteiger partial charge >= 0.3 is 12.0 Å². The van der Waals surface area contributed by atoms with Gasteiger partial charge in [0.15, 0.2) is 0 Å². The van der Waals surface area contributed by atoms with Gasteiger partial charge in [0.05, 0.1) is 0 Å². The van der Waals surface area contributed by atoms with Crippen molar-refractivity contribution in [3.63, 3.8) is 0 Å². The number of carbonyl (C=O) groups is 3. The zero-order valence-electron chi connectivity index (χ0n) is 12.4. The molecule has 0 aromatic heterocycles. The molecule has 0 aromatic carbocycles. The van der Waals surface area contributed by atoms with E-state index in [9.17, 15) is 14.4 Å². The van der Waals surface area contributed by atoms with E-state index in [1.54, 1.807) is 6.92 Å². The maximum atomic E-state index is 11.6. The van der Waals surface area contributed by atoms with Crippen molar-refractivity contribution < 1.29 is 19.5 Å². The first kappa shape index (κ1) is 18.2. The Kier molecular flexibility index (Phi) is 9.15. The van der Waals surface area contributed by atoms with E-state index in [4.69, 9.17) is 5.11 Å². The van der Waals surface area contributed by atoms with Crippen molar-refractivity contribution in [2.24, 2.45) is 5.92 Å². The van der Waals surface area contributed by atoms with E-state index in [1.807, 2.05) is 13.8 Å². The zero-order chi connectivity index (χ0) is 15.5. The number of urea groups is 1. The van der Waals surface area contributed by atoms with E-state index in [1.165, 1.54) is 0 Å². The lowest BCUT2D eigenvalue weighted by molar-refractivity contribution is -0.140. The number of aliphatic carboxylic acids is 1.